The van der Waals surface area contributed by atoms with E-state index in [-0.39, 0.29) is 5.91 Å². The molecule has 1 amide bonds. The van der Waals surface area contributed by atoms with Gasteiger partial charge in [-0.2, -0.15) is 0 Å². The van der Waals surface area contributed by atoms with Gasteiger partial charge in [0.15, 0.2) is 0 Å². The predicted octanol–water partition coefficient (Wildman–Crippen LogP) is 3.11. The topological polar surface area (TPSA) is 76.1 Å². The molecule has 6 heteroatoms. The van der Waals surface area contributed by atoms with Crippen molar-refractivity contribution < 1.29 is 9.53 Å². The molecule has 1 heterocycles. The van der Waals surface area contributed by atoms with Crippen molar-refractivity contribution in [1.82, 2.24) is 15.3 Å². The molecule has 0 aliphatic carbocycles. The fourth-order valence-corrected chi connectivity index (χ4v) is 2.31. The zero-order chi connectivity index (χ0) is 17.4. The van der Waals surface area contributed by atoms with Crippen molar-refractivity contribution in [3.05, 3.63) is 47.9 Å². The molecule has 0 fully saturated rings. The van der Waals surface area contributed by atoms with E-state index in [0.717, 1.165) is 12.1 Å². The summed E-state index contributed by atoms with van der Waals surface area (Å²) in [5.41, 5.74) is 2.52. The first kappa shape index (κ1) is 17.9. The molecule has 0 saturated heterocycles. The number of benzene rings is 1. The van der Waals surface area contributed by atoms with Gasteiger partial charge in [-0.1, -0.05) is 32.0 Å². The highest BCUT2D eigenvalue weighted by molar-refractivity contribution is 5.92. The molecular weight excluding hydrogens is 304 g/mol. The van der Waals surface area contributed by atoms with Crippen LogP contribution in [0.15, 0.2) is 36.7 Å². The van der Waals surface area contributed by atoms with Crippen molar-refractivity contribution in [1.29, 1.82) is 0 Å². The van der Waals surface area contributed by atoms with Crippen LogP contribution in [0.25, 0.3) is 0 Å². The van der Waals surface area contributed by atoms with Gasteiger partial charge in [0.1, 0.15) is 17.8 Å². The second-order valence-corrected chi connectivity index (χ2v) is 5.76. The number of rotatable bonds is 8. The van der Waals surface area contributed by atoms with E-state index in [0.29, 0.717) is 30.6 Å². The Morgan fingerprint density at radius 2 is 2.04 bits per heavy atom. The minimum absolute atomic E-state index is 0.214. The molecule has 1 aromatic carbocycles. The number of hydrogen-bond acceptors (Lipinski definition) is 5. The molecule has 128 valence electrons. The normalized spacial score (nSPS) is 10.7. The Balaban J connectivity index is 2.07. The number of nitrogens with zero attached hydrogens (tertiary/aromatic N) is 2. The molecule has 0 radical (unpaired) electrons. The van der Waals surface area contributed by atoms with Crippen LogP contribution < -0.4 is 10.6 Å². The van der Waals surface area contributed by atoms with Crippen LogP contribution in [0.2, 0.25) is 0 Å². The van der Waals surface area contributed by atoms with Crippen LogP contribution in [-0.4, -0.2) is 36.1 Å². The van der Waals surface area contributed by atoms with Crippen molar-refractivity contribution in [2.75, 3.05) is 25.6 Å². The number of aromatic nitrogens is 2. The van der Waals surface area contributed by atoms with Crippen LogP contribution in [0.1, 0.15) is 42.2 Å². The predicted molar refractivity (Wildman–Crippen MR) is 94.7 cm³/mol. The van der Waals surface area contributed by atoms with Crippen LogP contribution in [0.5, 0.6) is 0 Å². The summed E-state index contributed by atoms with van der Waals surface area (Å²) in [6.07, 6.45) is 2.16. The van der Waals surface area contributed by atoms with E-state index in [1.807, 2.05) is 18.2 Å². The summed E-state index contributed by atoms with van der Waals surface area (Å²) in [6, 6.07) is 9.72. The average Bonchev–Trinajstić information content (AvgIpc) is 2.59. The Morgan fingerprint density at radius 3 is 2.79 bits per heavy atom. The van der Waals surface area contributed by atoms with E-state index in [1.54, 1.807) is 13.2 Å². The molecule has 2 N–H and O–H groups in total. The number of hydrogen-bond donors (Lipinski definition) is 2. The highest BCUT2D eigenvalue weighted by Crippen LogP contribution is 2.26. The fraction of sp³-hybridized carbons (Fsp3) is 0.389. The molecule has 0 unspecified atom stereocenters. The van der Waals surface area contributed by atoms with Gasteiger partial charge in [-0.15, -0.1) is 0 Å². The zero-order valence-corrected chi connectivity index (χ0v) is 14.4. The Labute approximate surface area is 142 Å². The Morgan fingerprint density at radius 1 is 1.25 bits per heavy atom. The van der Waals surface area contributed by atoms with Crippen molar-refractivity contribution in [2.45, 2.75) is 26.2 Å². The molecular formula is C18H24N4O2. The van der Waals surface area contributed by atoms with Gasteiger partial charge in [-0.25, -0.2) is 9.97 Å². The monoisotopic (exact) mass is 328 g/mol. The van der Waals surface area contributed by atoms with Crippen LogP contribution in [0.4, 0.5) is 11.5 Å². The molecule has 0 aliphatic heterocycles. The summed E-state index contributed by atoms with van der Waals surface area (Å²) in [6.45, 7) is 5.44. The van der Waals surface area contributed by atoms with Crippen molar-refractivity contribution in [3.63, 3.8) is 0 Å². The number of ether oxygens (including phenoxy) is 1. The third-order valence-corrected chi connectivity index (χ3v) is 3.56. The summed E-state index contributed by atoms with van der Waals surface area (Å²) in [7, 11) is 1.64. The van der Waals surface area contributed by atoms with Crippen molar-refractivity contribution in [2.24, 2.45) is 0 Å². The number of nitrogens with one attached hydrogen (secondary N) is 2. The number of para-hydroxylation sites is 1. The smallest absolute Gasteiger partial charge is 0.270 e. The summed E-state index contributed by atoms with van der Waals surface area (Å²) < 4.78 is 4.96. The summed E-state index contributed by atoms with van der Waals surface area (Å²) >= 11 is 0. The quantitative estimate of drug-likeness (QED) is 0.728. The molecule has 2 aromatic rings. The average molecular weight is 328 g/mol. The van der Waals surface area contributed by atoms with Gasteiger partial charge in [0.25, 0.3) is 5.91 Å². The van der Waals surface area contributed by atoms with E-state index in [2.05, 4.69) is 40.5 Å². The van der Waals surface area contributed by atoms with Gasteiger partial charge in [0.2, 0.25) is 0 Å². The van der Waals surface area contributed by atoms with Gasteiger partial charge >= 0.3 is 0 Å². The third kappa shape index (κ3) is 5.03. The second kappa shape index (κ2) is 8.98. The first-order valence-corrected chi connectivity index (χ1v) is 8.07. The Hall–Kier alpha value is -2.47. The van der Waals surface area contributed by atoms with Gasteiger partial charge in [-0.05, 0) is 24.0 Å². The first-order valence-electron chi connectivity index (χ1n) is 8.07. The largest absolute Gasteiger partial charge is 0.385 e. The Kier molecular flexibility index (Phi) is 6.69. The van der Waals surface area contributed by atoms with E-state index < -0.39 is 0 Å². The lowest BCUT2D eigenvalue weighted by Crippen LogP contribution is -2.26. The number of carbonyl (C=O) groups excluding carboxylic acids is 1. The first-order chi connectivity index (χ1) is 11.6. The fourth-order valence-electron chi connectivity index (χ4n) is 2.31. The molecule has 2 rings (SSSR count). The van der Waals surface area contributed by atoms with Crippen LogP contribution in [0, 0.1) is 0 Å². The molecule has 0 bridgehead atoms. The second-order valence-electron chi connectivity index (χ2n) is 5.76. The molecule has 0 aliphatic rings. The van der Waals surface area contributed by atoms with E-state index in [9.17, 15) is 4.79 Å². The number of amides is 1. The standard InChI is InChI=1S/C18H24N4O2/c1-13(2)14-7-4-5-8-15(14)22-17-11-16(20-12-21-17)18(23)19-9-6-10-24-3/h4-5,7-8,11-13H,6,9-10H2,1-3H3,(H,19,23)(H,20,21,22). The number of anilines is 2. The number of methoxy groups -OCH3 is 1. The summed E-state index contributed by atoms with van der Waals surface area (Å²) in [4.78, 5) is 20.4. The Bertz CT molecular complexity index is 674. The minimum Gasteiger partial charge on any atom is -0.385 e. The SMILES string of the molecule is COCCCNC(=O)c1cc(Nc2ccccc2C(C)C)ncn1. The maximum atomic E-state index is 12.1. The van der Waals surface area contributed by atoms with Crippen molar-refractivity contribution in [3.8, 4) is 0 Å². The lowest BCUT2D eigenvalue weighted by Gasteiger charge is -2.14. The van der Waals surface area contributed by atoms with Crippen molar-refractivity contribution >= 4 is 17.4 Å². The lowest BCUT2D eigenvalue weighted by molar-refractivity contribution is 0.0943. The molecule has 0 saturated carbocycles. The molecule has 0 spiro atoms. The molecule has 24 heavy (non-hydrogen) atoms. The summed E-state index contributed by atoms with van der Waals surface area (Å²) in [5, 5.41) is 6.09. The van der Waals surface area contributed by atoms with E-state index in [1.165, 1.54) is 11.9 Å². The van der Waals surface area contributed by atoms with E-state index >= 15 is 0 Å². The lowest BCUT2D eigenvalue weighted by atomic mass is 10.0. The minimum atomic E-state index is -0.214. The third-order valence-electron chi connectivity index (χ3n) is 3.56. The van der Waals surface area contributed by atoms with E-state index in [4.69, 9.17) is 4.74 Å². The summed E-state index contributed by atoms with van der Waals surface area (Å²) in [5.74, 6) is 0.771. The van der Waals surface area contributed by atoms with Crippen LogP contribution in [-0.2, 0) is 4.74 Å². The highest BCUT2D eigenvalue weighted by atomic mass is 16.5. The zero-order valence-electron chi connectivity index (χ0n) is 14.4. The van der Waals surface area contributed by atoms with Gasteiger partial charge in [-0.3, -0.25) is 4.79 Å². The molecule has 6 nitrogen and oxygen atoms in total. The van der Waals surface area contributed by atoms with Gasteiger partial charge in [0, 0.05) is 32.0 Å². The molecule has 0 atom stereocenters. The highest BCUT2D eigenvalue weighted by Gasteiger charge is 2.10. The molecule has 1 aromatic heterocycles. The van der Waals surface area contributed by atoms with Crippen LogP contribution in [0.3, 0.4) is 0 Å². The maximum Gasteiger partial charge on any atom is 0.270 e. The maximum absolute atomic E-state index is 12.1. The van der Waals surface area contributed by atoms with Gasteiger partial charge < -0.3 is 15.4 Å². The van der Waals surface area contributed by atoms with Gasteiger partial charge in [0.05, 0.1) is 0 Å². The number of carbonyl (C=O) groups is 1. The van der Waals surface area contributed by atoms with Crippen LogP contribution >= 0.6 is 0 Å².